The summed E-state index contributed by atoms with van der Waals surface area (Å²) in [6.45, 7) is 10.6. The highest BCUT2D eigenvalue weighted by Gasteiger charge is 2.04. The summed E-state index contributed by atoms with van der Waals surface area (Å²) in [4.78, 5) is 16.9. The van der Waals surface area contributed by atoms with Crippen molar-refractivity contribution >= 4 is 7.91 Å². The second-order valence-electron chi connectivity index (χ2n) is 4.92. The molecule has 0 unspecified atom stereocenters. The van der Waals surface area contributed by atoms with Crippen molar-refractivity contribution in [2.45, 2.75) is 40.8 Å². The molecule has 0 N–H and O–H groups in total. The second kappa shape index (κ2) is 9.60. The molecule has 0 saturated carbocycles. The van der Waals surface area contributed by atoms with E-state index in [9.17, 15) is 4.20 Å². The fourth-order valence-corrected chi connectivity index (χ4v) is 1.87. The first-order chi connectivity index (χ1) is 10.5. The van der Waals surface area contributed by atoms with Gasteiger partial charge in [0, 0.05) is 13.8 Å². The maximum atomic E-state index is 10.1. The number of halogens is 1. The highest BCUT2D eigenvalue weighted by atomic mass is 31.2. The summed E-state index contributed by atoms with van der Waals surface area (Å²) in [5, 5.41) is 0. The maximum absolute atomic E-state index is 10.1. The van der Waals surface area contributed by atoms with Gasteiger partial charge in [0.15, 0.2) is 0 Å². The van der Waals surface area contributed by atoms with Crippen LogP contribution in [0.15, 0.2) is 24.8 Å². The van der Waals surface area contributed by atoms with Crippen LogP contribution < -0.4 is 18.9 Å². The van der Waals surface area contributed by atoms with Crippen molar-refractivity contribution in [3.8, 4) is 0 Å². The molecule has 2 heterocycles. The van der Waals surface area contributed by atoms with Gasteiger partial charge in [0.1, 0.15) is 32.7 Å². The molecule has 0 fully saturated rings. The van der Waals surface area contributed by atoms with E-state index in [1.807, 2.05) is 0 Å². The van der Waals surface area contributed by atoms with Crippen LogP contribution in [0.25, 0.3) is 0 Å². The van der Waals surface area contributed by atoms with Gasteiger partial charge in [-0.1, -0.05) is 0 Å². The maximum Gasteiger partial charge on any atom is 0.252 e. The Morgan fingerprint density at radius 2 is 1.26 bits per heavy atom. The molecule has 0 bridgehead atoms. The first-order valence-electron chi connectivity index (χ1n) is 7.25. The van der Waals surface area contributed by atoms with Crippen molar-refractivity contribution < 1.29 is 27.7 Å². The Labute approximate surface area is 136 Å². The molecule has 0 radical (unpaired) electrons. The lowest BCUT2D eigenvalue weighted by Gasteiger charge is -2.15. The van der Waals surface area contributed by atoms with E-state index in [2.05, 4.69) is 84.8 Å². The second-order valence-corrected chi connectivity index (χ2v) is 5.78. The van der Waals surface area contributed by atoms with Crippen LogP contribution in [0, 0.1) is 13.8 Å². The van der Waals surface area contributed by atoms with Gasteiger partial charge in [-0.2, -0.15) is 0 Å². The van der Waals surface area contributed by atoms with Gasteiger partial charge in [0.2, 0.25) is 0 Å². The standard InChI is InChI=1S/2C7H13N2.FH2O3P/c2*1-4-9-6-5-8(3)7(9)2;1-5(2,3)4/h2*5-6H,4H2,1-3H3;(H2,2,3,4)/q2*+1;/p-2. The molecule has 2 aromatic rings. The first kappa shape index (κ1) is 21.5. The van der Waals surface area contributed by atoms with E-state index < -0.39 is 7.91 Å². The zero-order valence-corrected chi connectivity index (χ0v) is 15.5. The molecule has 0 aliphatic heterocycles. The molecule has 0 saturated heterocycles. The van der Waals surface area contributed by atoms with Crippen molar-refractivity contribution in [2.24, 2.45) is 14.1 Å². The summed E-state index contributed by atoms with van der Waals surface area (Å²) >= 11 is 0. The summed E-state index contributed by atoms with van der Waals surface area (Å²) < 4.78 is 27.2. The van der Waals surface area contributed by atoms with Gasteiger partial charge in [0.25, 0.3) is 11.6 Å². The monoisotopic (exact) mass is 348 g/mol. The molecule has 0 aromatic carbocycles. The van der Waals surface area contributed by atoms with E-state index in [0.29, 0.717) is 0 Å². The molecule has 0 aliphatic carbocycles. The summed E-state index contributed by atoms with van der Waals surface area (Å²) in [6, 6.07) is 0. The van der Waals surface area contributed by atoms with Gasteiger partial charge in [-0.25, -0.2) is 22.5 Å². The lowest BCUT2D eigenvalue weighted by Crippen LogP contribution is -2.29. The van der Waals surface area contributed by atoms with E-state index in [1.165, 1.54) is 11.6 Å². The molecular weight excluding hydrogens is 322 g/mol. The van der Waals surface area contributed by atoms with Crippen LogP contribution in [-0.4, -0.2) is 9.13 Å². The minimum Gasteiger partial charge on any atom is -0.786 e. The van der Waals surface area contributed by atoms with Crippen molar-refractivity contribution in [1.82, 2.24) is 9.13 Å². The molecule has 9 heteroatoms. The zero-order chi connectivity index (χ0) is 18.2. The third-order valence-electron chi connectivity index (χ3n) is 3.47. The number of imidazole rings is 2. The topological polar surface area (TPSA) is 80.8 Å². The predicted molar refractivity (Wildman–Crippen MR) is 80.8 cm³/mol. The summed E-state index contributed by atoms with van der Waals surface area (Å²) in [5.74, 6) is 2.61. The zero-order valence-electron chi connectivity index (χ0n) is 14.6. The van der Waals surface area contributed by atoms with E-state index in [1.54, 1.807) is 0 Å². The summed E-state index contributed by atoms with van der Waals surface area (Å²) in [7, 11) is -1.52. The minimum absolute atomic E-state index is 1.06. The smallest absolute Gasteiger partial charge is 0.252 e. The molecule has 2 aromatic heterocycles. The van der Waals surface area contributed by atoms with Crippen LogP contribution in [0.4, 0.5) is 4.20 Å². The molecule has 7 nitrogen and oxygen atoms in total. The Morgan fingerprint density at radius 1 is 1.00 bits per heavy atom. The number of hydrogen-bond donors (Lipinski definition) is 0. The summed E-state index contributed by atoms with van der Waals surface area (Å²) in [6.07, 6.45) is 8.32. The van der Waals surface area contributed by atoms with E-state index >= 15 is 0 Å². The lowest BCUT2D eigenvalue weighted by molar-refractivity contribution is -0.677. The highest BCUT2D eigenvalue weighted by Crippen LogP contribution is 2.22. The van der Waals surface area contributed by atoms with Crippen LogP contribution in [-0.2, 0) is 31.7 Å². The van der Waals surface area contributed by atoms with Gasteiger partial charge in [-0.05, 0) is 13.8 Å². The fraction of sp³-hybridized carbons (Fsp3) is 0.571. The lowest BCUT2D eigenvalue weighted by atomic mass is 10.6. The number of rotatable bonds is 2. The SMILES string of the molecule is CCn1cc[n+](C)c1C.CCn1cc[n+](C)c1C.O=P([O-])([O-])F. The average molecular weight is 348 g/mol. The fourth-order valence-electron chi connectivity index (χ4n) is 1.87. The molecular formula is C14H26FN4O3P. The number of nitrogens with zero attached hydrogens (tertiary/aromatic N) is 4. The average Bonchev–Trinajstić information content (AvgIpc) is 2.93. The van der Waals surface area contributed by atoms with Gasteiger partial charge in [0.05, 0.1) is 27.2 Å². The third kappa shape index (κ3) is 8.64. The Kier molecular flexibility index (Phi) is 8.97. The van der Waals surface area contributed by atoms with Crippen LogP contribution in [0.5, 0.6) is 0 Å². The molecule has 132 valence electrons. The van der Waals surface area contributed by atoms with E-state index in [0.717, 1.165) is 13.1 Å². The van der Waals surface area contributed by atoms with Gasteiger partial charge in [-0.15, -0.1) is 0 Å². The largest absolute Gasteiger partial charge is 0.786 e. The number of hydrogen-bond acceptors (Lipinski definition) is 3. The Bertz CT molecular complexity index is 594. The van der Waals surface area contributed by atoms with Crippen molar-refractivity contribution in [1.29, 1.82) is 0 Å². The Balaban J connectivity index is 0.000000332. The van der Waals surface area contributed by atoms with Crippen LogP contribution in [0.2, 0.25) is 0 Å². The normalized spacial score (nSPS) is 10.5. The Hall–Kier alpha value is -1.50. The number of aromatic nitrogens is 4. The van der Waals surface area contributed by atoms with Gasteiger partial charge in [-0.3, -0.25) is 0 Å². The Morgan fingerprint density at radius 3 is 1.35 bits per heavy atom. The van der Waals surface area contributed by atoms with Crippen LogP contribution >= 0.6 is 7.91 Å². The first-order valence-corrected chi connectivity index (χ1v) is 8.69. The van der Waals surface area contributed by atoms with Gasteiger partial charge < -0.3 is 14.4 Å². The van der Waals surface area contributed by atoms with Crippen molar-refractivity contribution in [2.75, 3.05) is 0 Å². The van der Waals surface area contributed by atoms with Crippen LogP contribution in [0.1, 0.15) is 25.5 Å². The van der Waals surface area contributed by atoms with E-state index in [-0.39, 0.29) is 0 Å². The molecule has 0 atom stereocenters. The quantitative estimate of drug-likeness (QED) is 0.569. The molecule has 23 heavy (non-hydrogen) atoms. The van der Waals surface area contributed by atoms with Crippen LogP contribution in [0.3, 0.4) is 0 Å². The summed E-state index contributed by atoms with van der Waals surface area (Å²) in [5.41, 5.74) is 0. The minimum atomic E-state index is -5.64. The van der Waals surface area contributed by atoms with Crippen molar-refractivity contribution in [3.63, 3.8) is 0 Å². The number of aryl methyl sites for hydroxylation is 4. The molecule has 0 spiro atoms. The molecule has 2 rings (SSSR count). The predicted octanol–water partition coefficient (Wildman–Crippen LogP) is 0.0664. The molecule has 0 amide bonds. The highest BCUT2D eigenvalue weighted by molar-refractivity contribution is 7.42. The van der Waals surface area contributed by atoms with Crippen molar-refractivity contribution in [3.05, 3.63) is 36.4 Å². The molecule has 0 aliphatic rings. The third-order valence-corrected chi connectivity index (χ3v) is 3.47. The van der Waals surface area contributed by atoms with E-state index in [4.69, 9.17) is 14.4 Å². The van der Waals surface area contributed by atoms with Gasteiger partial charge >= 0.3 is 0 Å².